The number of nitrogens with zero attached hydrogens (tertiary/aromatic N) is 1. The van der Waals surface area contributed by atoms with Crippen molar-refractivity contribution >= 4 is 17.8 Å². The number of ether oxygens (including phenoxy) is 1. The molecule has 0 bridgehead atoms. The van der Waals surface area contributed by atoms with Gasteiger partial charge in [0.15, 0.2) is 0 Å². The first-order valence-corrected chi connectivity index (χ1v) is 11.7. The fourth-order valence-corrected chi connectivity index (χ4v) is 4.48. The smallest absolute Gasteiger partial charge is 0.309 e. The molecule has 3 rings (SSSR count). The van der Waals surface area contributed by atoms with Crippen LogP contribution in [0.15, 0.2) is 36.4 Å². The maximum Gasteiger partial charge on any atom is 0.309 e. The Morgan fingerprint density at radius 1 is 1.15 bits per heavy atom. The van der Waals surface area contributed by atoms with Crippen LogP contribution >= 0.6 is 0 Å². The van der Waals surface area contributed by atoms with Crippen molar-refractivity contribution in [3.63, 3.8) is 0 Å². The van der Waals surface area contributed by atoms with Crippen LogP contribution in [-0.4, -0.2) is 60.1 Å². The molecule has 2 aliphatic rings. The van der Waals surface area contributed by atoms with Crippen LogP contribution in [0.3, 0.4) is 0 Å². The van der Waals surface area contributed by atoms with E-state index in [1.165, 1.54) is 12.1 Å². The number of hydrogen-bond acceptors (Lipinski definition) is 5. The third-order valence-electron chi connectivity index (χ3n) is 6.29. The van der Waals surface area contributed by atoms with Gasteiger partial charge >= 0.3 is 5.97 Å². The van der Waals surface area contributed by atoms with Gasteiger partial charge in [-0.1, -0.05) is 24.3 Å². The van der Waals surface area contributed by atoms with Gasteiger partial charge in [0.1, 0.15) is 12.4 Å². The molecule has 0 saturated carbocycles. The van der Waals surface area contributed by atoms with Crippen molar-refractivity contribution in [1.82, 2.24) is 10.2 Å². The van der Waals surface area contributed by atoms with Crippen molar-refractivity contribution in [3.8, 4) is 0 Å². The third kappa shape index (κ3) is 7.39. The molecule has 1 saturated heterocycles. The van der Waals surface area contributed by atoms with Gasteiger partial charge in [-0.3, -0.25) is 14.4 Å². The lowest BCUT2D eigenvalue weighted by molar-refractivity contribution is -0.152. The van der Waals surface area contributed by atoms with Crippen LogP contribution in [0.25, 0.3) is 0 Å². The summed E-state index contributed by atoms with van der Waals surface area (Å²) in [5.41, 5.74) is 0.873. The van der Waals surface area contributed by atoms with Gasteiger partial charge in [0.2, 0.25) is 11.8 Å². The quantitative estimate of drug-likeness (QED) is 0.502. The molecule has 8 heteroatoms. The molecule has 0 aliphatic carbocycles. The highest BCUT2D eigenvalue weighted by Gasteiger charge is 2.35. The van der Waals surface area contributed by atoms with Crippen LogP contribution in [0.5, 0.6) is 0 Å². The molecule has 1 aromatic carbocycles. The normalized spacial score (nSPS) is 25.3. The first-order valence-electron chi connectivity index (χ1n) is 11.7. The molecule has 1 aromatic rings. The predicted octanol–water partition coefficient (Wildman–Crippen LogP) is 2.37. The summed E-state index contributed by atoms with van der Waals surface area (Å²) in [5, 5.41) is 11.5. The molecule has 0 unspecified atom stereocenters. The highest BCUT2D eigenvalue weighted by Crippen LogP contribution is 2.25. The number of esters is 1. The van der Waals surface area contributed by atoms with Gasteiger partial charge in [0, 0.05) is 19.5 Å². The van der Waals surface area contributed by atoms with Crippen LogP contribution in [0.2, 0.25) is 0 Å². The molecule has 180 valence electrons. The molecular formula is C25H33FN2O5. The molecule has 33 heavy (non-hydrogen) atoms. The van der Waals surface area contributed by atoms with Crippen molar-refractivity contribution in [2.45, 2.75) is 51.0 Å². The Balaban J connectivity index is 1.72. The van der Waals surface area contributed by atoms with Crippen LogP contribution in [0.4, 0.5) is 4.39 Å². The number of amides is 2. The number of hydrogen-bond donors (Lipinski definition) is 2. The molecule has 0 radical (unpaired) electrons. The Hall–Kier alpha value is -2.74. The number of aliphatic hydroxyl groups excluding tert-OH is 1. The number of allylic oxidation sites excluding steroid dienone is 2. The average Bonchev–Trinajstić information content (AvgIpc) is 3.28. The van der Waals surface area contributed by atoms with E-state index in [4.69, 9.17) is 9.84 Å². The number of cyclic esters (lactones) is 1. The fraction of sp³-hybridized carbons (Fsp3) is 0.560. The highest BCUT2D eigenvalue weighted by molar-refractivity contribution is 5.86. The molecule has 2 N–H and O–H groups in total. The summed E-state index contributed by atoms with van der Waals surface area (Å²) < 4.78 is 18.9. The third-order valence-corrected chi connectivity index (χ3v) is 6.29. The van der Waals surface area contributed by atoms with E-state index in [2.05, 4.69) is 5.32 Å². The van der Waals surface area contributed by atoms with Crippen molar-refractivity contribution in [3.05, 3.63) is 47.8 Å². The summed E-state index contributed by atoms with van der Waals surface area (Å²) in [6.45, 7) is 0.732. The number of benzene rings is 1. The molecule has 0 aromatic heterocycles. The van der Waals surface area contributed by atoms with E-state index in [1.54, 1.807) is 17.0 Å². The summed E-state index contributed by atoms with van der Waals surface area (Å²) in [5.74, 6) is -1.82. The van der Waals surface area contributed by atoms with Gasteiger partial charge in [0.05, 0.1) is 24.5 Å². The van der Waals surface area contributed by atoms with E-state index in [0.29, 0.717) is 32.2 Å². The Kier molecular flexibility index (Phi) is 9.42. The summed E-state index contributed by atoms with van der Waals surface area (Å²) >= 11 is 0. The average molecular weight is 461 g/mol. The number of halogens is 1. The topological polar surface area (TPSA) is 95.9 Å². The minimum atomic E-state index is -0.494. The van der Waals surface area contributed by atoms with E-state index in [1.807, 2.05) is 12.2 Å². The lowest BCUT2D eigenvalue weighted by atomic mass is 9.94. The molecule has 2 heterocycles. The van der Waals surface area contributed by atoms with Gasteiger partial charge in [0.25, 0.3) is 0 Å². The Morgan fingerprint density at radius 3 is 2.70 bits per heavy atom. The minimum Gasteiger partial charge on any atom is -0.463 e. The molecule has 7 nitrogen and oxygen atoms in total. The minimum absolute atomic E-state index is 0.0549. The molecule has 3 atom stereocenters. The summed E-state index contributed by atoms with van der Waals surface area (Å²) in [7, 11) is 0. The standard InChI is InChI=1S/C25H33FN2O5/c26-21-10-8-18(9-11-21)15-20-6-3-1-2-5-19(16-23(30)27-12-14-29)24(31)28-13-4-7-22(28)17-33-25(20)32/h1-2,8-11,19-20,22,29H,3-7,12-17H2,(H,27,30)/b2-1+/t19-,20+,22-/m0/s1. The molecular weight excluding hydrogens is 427 g/mol. The molecule has 2 amide bonds. The van der Waals surface area contributed by atoms with Crippen LogP contribution in [0.1, 0.15) is 44.1 Å². The van der Waals surface area contributed by atoms with E-state index < -0.39 is 5.92 Å². The van der Waals surface area contributed by atoms with Crippen molar-refractivity contribution < 1.29 is 28.6 Å². The second-order valence-electron chi connectivity index (χ2n) is 8.74. The number of nitrogens with one attached hydrogen (secondary N) is 1. The van der Waals surface area contributed by atoms with Gasteiger partial charge in [-0.2, -0.15) is 0 Å². The molecule has 2 aliphatic heterocycles. The lowest BCUT2D eigenvalue weighted by Crippen LogP contribution is -2.43. The first kappa shape index (κ1) is 24.9. The van der Waals surface area contributed by atoms with E-state index in [-0.39, 0.29) is 61.7 Å². The van der Waals surface area contributed by atoms with E-state index in [9.17, 15) is 18.8 Å². The van der Waals surface area contributed by atoms with Crippen LogP contribution in [-0.2, 0) is 25.5 Å². The Bertz CT molecular complexity index is 842. The monoisotopic (exact) mass is 460 g/mol. The van der Waals surface area contributed by atoms with E-state index in [0.717, 1.165) is 18.4 Å². The second kappa shape index (κ2) is 12.5. The number of rotatable bonds is 6. The largest absolute Gasteiger partial charge is 0.463 e. The van der Waals surface area contributed by atoms with E-state index >= 15 is 0 Å². The van der Waals surface area contributed by atoms with Crippen LogP contribution in [0, 0.1) is 17.7 Å². The van der Waals surface area contributed by atoms with Gasteiger partial charge < -0.3 is 20.1 Å². The maximum absolute atomic E-state index is 13.2. The van der Waals surface area contributed by atoms with Crippen molar-refractivity contribution in [2.24, 2.45) is 11.8 Å². The molecule has 1 fully saturated rings. The van der Waals surface area contributed by atoms with Gasteiger partial charge in [-0.15, -0.1) is 0 Å². The Morgan fingerprint density at radius 2 is 1.94 bits per heavy atom. The van der Waals surface area contributed by atoms with Gasteiger partial charge in [-0.05, 0) is 56.2 Å². The highest BCUT2D eigenvalue weighted by atomic mass is 19.1. The number of fused-ring (bicyclic) bond motifs is 1. The molecule has 0 spiro atoms. The SMILES string of the molecule is O=C(C[C@@H]1C/C=C/CC[C@H](Cc2ccc(F)cc2)C(=O)OC[C@@H]2CCCN2C1=O)NCCO. The number of carbonyl (C=O) groups excluding carboxylic acids is 3. The second-order valence-corrected chi connectivity index (χ2v) is 8.74. The number of aliphatic hydroxyl groups is 1. The maximum atomic E-state index is 13.2. The zero-order valence-electron chi connectivity index (χ0n) is 18.9. The fourth-order valence-electron chi connectivity index (χ4n) is 4.48. The van der Waals surface area contributed by atoms with Crippen LogP contribution < -0.4 is 5.32 Å². The van der Waals surface area contributed by atoms with Crippen molar-refractivity contribution in [1.29, 1.82) is 0 Å². The summed E-state index contributed by atoms with van der Waals surface area (Å²) in [6, 6.07) is 5.95. The summed E-state index contributed by atoms with van der Waals surface area (Å²) in [6.07, 6.45) is 7.59. The first-order chi connectivity index (χ1) is 16.0. The number of carbonyl (C=O) groups is 3. The Labute approximate surface area is 194 Å². The summed E-state index contributed by atoms with van der Waals surface area (Å²) in [4.78, 5) is 40.1. The van der Waals surface area contributed by atoms with Gasteiger partial charge in [-0.25, -0.2) is 4.39 Å². The lowest BCUT2D eigenvalue weighted by Gasteiger charge is -2.28. The predicted molar refractivity (Wildman–Crippen MR) is 120 cm³/mol. The van der Waals surface area contributed by atoms with Crippen molar-refractivity contribution in [2.75, 3.05) is 26.3 Å². The zero-order valence-corrected chi connectivity index (χ0v) is 18.9. The zero-order chi connectivity index (χ0) is 23.6.